The third kappa shape index (κ3) is 3.11. The normalized spacial score (nSPS) is 9.89. The van der Waals surface area contributed by atoms with Gasteiger partial charge in [-0.15, -0.1) is 0 Å². The van der Waals surface area contributed by atoms with Gasteiger partial charge in [-0.25, -0.2) is 0 Å². The average Bonchev–Trinajstić information content (AvgIpc) is 2.49. The van der Waals surface area contributed by atoms with Gasteiger partial charge in [-0.2, -0.15) is 5.26 Å². The van der Waals surface area contributed by atoms with Crippen LogP contribution in [0, 0.1) is 11.3 Å². The molecule has 1 aromatic heterocycles. The molecule has 0 aliphatic carbocycles. The molecular formula is C16H17N3. The van der Waals surface area contributed by atoms with Crippen LogP contribution in [0.25, 0.3) is 0 Å². The van der Waals surface area contributed by atoms with Crippen molar-refractivity contribution in [1.29, 1.82) is 5.26 Å². The Labute approximate surface area is 114 Å². The SMILES string of the molecule is CCCCN(c1ccccc1)c1cnccc1C#N. The fourth-order valence-electron chi connectivity index (χ4n) is 2.01. The second-order valence-corrected chi connectivity index (χ2v) is 4.35. The Kier molecular flexibility index (Phi) is 4.52. The number of para-hydroxylation sites is 1. The Bertz CT molecular complexity index is 558. The lowest BCUT2D eigenvalue weighted by molar-refractivity contribution is 0.784. The van der Waals surface area contributed by atoms with Gasteiger partial charge in [0.25, 0.3) is 0 Å². The highest BCUT2D eigenvalue weighted by atomic mass is 15.1. The average molecular weight is 251 g/mol. The number of benzene rings is 1. The highest BCUT2D eigenvalue weighted by Crippen LogP contribution is 2.27. The van der Waals surface area contributed by atoms with Crippen LogP contribution in [0.4, 0.5) is 11.4 Å². The molecule has 19 heavy (non-hydrogen) atoms. The number of nitriles is 1. The van der Waals surface area contributed by atoms with Crippen molar-refractivity contribution in [2.45, 2.75) is 19.8 Å². The molecule has 0 saturated heterocycles. The molecule has 0 aliphatic heterocycles. The van der Waals surface area contributed by atoms with Gasteiger partial charge < -0.3 is 4.90 Å². The fraction of sp³-hybridized carbons (Fsp3) is 0.250. The molecule has 0 aliphatic rings. The van der Waals surface area contributed by atoms with E-state index in [0.29, 0.717) is 5.56 Å². The topological polar surface area (TPSA) is 39.9 Å². The van der Waals surface area contributed by atoms with Crippen LogP contribution in [-0.4, -0.2) is 11.5 Å². The van der Waals surface area contributed by atoms with Crippen molar-refractivity contribution in [2.24, 2.45) is 0 Å². The fourth-order valence-corrected chi connectivity index (χ4v) is 2.01. The van der Waals surface area contributed by atoms with Gasteiger partial charge >= 0.3 is 0 Å². The van der Waals surface area contributed by atoms with Crippen LogP contribution in [0.15, 0.2) is 48.8 Å². The van der Waals surface area contributed by atoms with Crippen molar-refractivity contribution >= 4 is 11.4 Å². The van der Waals surface area contributed by atoms with E-state index in [0.717, 1.165) is 30.8 Å². The van der Waals surface area contributed by atoms with Crippen molar-refractivity contribution < 1.29 is 0 Å². The smallest absolute Gasteiger partial charge is 0.101 e. The summed E-state index contributed by atoms with van der Waals surface area (Å²) >= 11 is 0. The zero-order valence-electron chi connectivity index (χ0n) is 11.1. The monoisotopic (exact) mass is 251 g/mol. The van der Waals surface area contributed by atoms with Crippen LogP contribution in [-0.2, 0) is 0 Å². The predicted octanol–water partition coefficient (Wildman–Crippen LogP) is 3.89. The summed E-state index contributed by atoms with van der Waals surface area (Å²) in [7, 11) is 0. The number of anilines is 2. The largest absolute Gasteiger partial charge is 0.339 e. The Balaban J connectivity index is 2.41. The van der Waals surface area contributed by atoms with E-state index in [-0.39, 0.29) is 0 Å². The highest BCUT2D eigenvalue weighted by Gasteiger charge is 2.12. The molecular weight excluding hydrogens is 234 g/mol. The number of rotatable bonds is 5. The van der Waals surface area contributed by atoms with Gasteiger partial charge in [0.1, 0.15) is 6.07 Å². The lowest BCUT2D eigenvalue weighted by atomic mass is 10.2. The molecule has 0 amide bonds. The Morgan fingerprint density at radius 1 is 1.21 bits per heavy atom. The standard InChI is InChI=1S/C16H17N3/c1-2-3-11-19(15-7-5-4-6-8-15)16-13-18-10-9-14(16)12-17/h4-10,13H,2-3,11H2,1H3. The maximum atomic E-state index is 9.24. The van der Waals surface area contributed by atoms with E-state index in [2.05, 4.69) is 35.0 Å². The van der Waals surface area contributed by atoms with Gasteiger partial charge in [0.15, 0.2) is 0 Å². The van der Waals surface area contributed by atoms with Crippen molar-refractivity contribution in [3.63, 3.8) is 0 Å². The zero-order chi connectivity index (χ0) is 13.5. The molecule has 0 bridgehead atoms. The first kappa shape index (κ1) is 13.1. The van der Waals surface area contributed by atoms with E-state index in [9.17, 15) is 5.26 Å². The maximum Gasteiger partial charge on any atom is 0.101 e. The first-order chi connectivity index (χ1) is 9.36. The van der Waals surface area contributed by atoms with Gasteiger partial charge in [0, 0.05) is 18.4 Å². The first-order valence-electron chi connectivity index (χ1n) is 6.53. The lowest BCUT2D eigenvalue weighted by Gasteiger charge is -2.25. The molecule has 0 N–H and O–H groups in total. The number of unbranched alkanes of at least 4 members (excludes halogenated alkanes) is 1. The van der Waals surface area contributed by atoms with Gasteiger partial charge in [0.2, 0.25) is 0 Å². The number of hydrogen-bond donors (Lipinski definition) is 0. The molecule has 3 nitrogen and oxygen atoms in total. The molecule has 0 radical (unpaired) electrons. The van der Waals surface area contributed by atoms with E-state index >= 15 is 0 Å². The van der Waals surface area contributed by atoms with Crippen LogP contribution in [0.3, 0.4) is 0 Å². The Hall–Kier alpha value is -2.34. The van der Waals surface area contributed by atoms with Crippen molar-refractivity contribution in [3.8, 4) is 6.07 Å². The molecule has 2 rings (SSSR count). The van der Waals surface area contributed by atoms with E-state index in [1.54, 1.807) is 18.5 Å². The van der Waals surface area contributed by atoms with Crippen molar-refractivity contribution in [1.82, 2.24) is 4.98 Å². The minimum Gasteiger partial charge on any atom is -0.339 e. The number of aromatic nitrogens is 1. The molecule has 0 saturated carbocycles. The molecule has 1 heterocycles. The third-order valence-electron chi connectivity index (χ3n) is 3.01. The van der Waals surface area contributed by atoms with Crippen molar-refractivity contribution in [3.05, 3.63) is 54.4 Å². The molecule has 1 aromatic carbocycles. The second-order valence-electron chi connectivity index (χ2n) is 4.35. The lowest BCUT2D eigenvalue weighted by Crippen LogP contribution is -2.19. The summed E-state index contributed by atoms with van der Waals surface area (Å²) in [6.07, 6.45) is 5.62. The number of pyridine rings is 1. The van der Waals surface area contributed by atoms with E-state index in [1.165, 1.54) is 0 Å². The van der Waals surface area contributed by atoms with E-state index in [1.807, 2.05) is 18.2 Å². The predicted molar refractivity (Wildman–Crippen MR) is 77.3 cm³/mol. The minimum atomic E-state index is 0.662. The number of hydrogen-bond acceptors (Lipinski definition) is 3. The van der Waals surface area contributed by atoms with Crippen LogP contribution in [0.2, 0.25) is 0 Å². The van der Waals surface area contributed by atoms with Gasteiger partial charge in [-0.1, -0.05) is 31.5 Å². The minimum absolute atomic E-state index is 0.662. The van der Waals surface area contributed by atoms with Crippen molar-refractivity contribution in [2.75, 3.05) is 11.4 Å². The summed E-state index contributed by atoms with van der Waals surface area (Å²) in [4.78, 5) is 6.32. The molecule has 0 spiro atoms. The zero-order valence-corrected chi connectivity index (χ0v) is 11.1. The maximum absolute atomic E-state index is 9.24. The van der Waals surface area contributed by atoms with Crippen LogP contribution >= 0.6 is 0 Å². The molecule has 3 heteroatoms. The molecule has 0 unspecified atom stereocenters. The van der Waals surface area contributed by atoms with Gasteiger partial charge in [-0.05, 0) is 24.6 Å². The van der Waals surface area contributed by atoms with Gasteiger partial charge in [-0.3, -0.25) is 4.98 Å². The summed E-state index contributed by atoms with van der Waals surface area (Å²) in [5.41, 5.74) is 2.64. The molecule has 0 fully saturated rings. The van der Waals surface area contributed by atoms with Gasteiger partial charge in [0.05, 0.1) is 17.4 Å². The third-order valence-corrected chi connectivity index (χ3v) is 3.01. The first-order valence-corrected chi connectivity index (χ1v) is 6.53. The van der Waals surface area contributed by atoms with Crippen LogP contribution in [0.5, 0.6) is 0 Å². The summed E-state index contributed by atoms with van der Waals surface area (Å²) in [6, 6.07) is 14.1. The highest BCUT2D eigenvalue weighted by molar-refractivity contribution is 5.68. The summed E-state index contributed by atoms with van der Waals surface area (Å²) in [5, 5.41) is 9.24. The van der Waals surface area contributed by atoms with Crippen LogP contribution in [0.1, 0.15) is 25.3 Å². The Morgan fingerprint density at radius 3 is 2.68 bits per heavy atom. The second kappa shape index (κ2) is 6.55. The van der Waals surface area contributed by atoms with E-state index < -0.39 is 0 Å². The quantitative estimate of drug-likeness (QED) is 0.809. The summed E-state index contributed by atoms with van der Waals surface area (Å²) in [5.74, 6) is 0. The van der Waals surface area contributed by atoms with E-state index in [4.69, 9.17) is 0 Å². The molecule has 96 valence electrons. The number of nitrogens with zero attached hydrogens (tertiary/aromatic N) is 3. The summed E-state index contributed by atoms with van der Waals surface area (Å²) in [6.45, 7) is 3.05. The Morgan fingerprint density at radius 2 is 2.00 bits per heavy atom. The molecule has 0 atom stereocenters. The molecule has 2 aromatic rings. The summed E-state index contributed by atoms with van der Waals surface area (Å²) < 4.78 is 0. The van der Waals surface area contributed by atoms with Crippen LogP contribution < -0.4 is 4.90 Å².